The Morgan fingerprint density at radius 1 is 1.21 bits per heavy atom. The molecule has 19 heavy (non-hydrogen) atoms. The van der Waals surface area contributed by atoms with Crippen LogP contribution in [0.5, 0.6) is 0 Å². The molecule has 2 nitrogen and oxygen atoms in total. The summed E-state index contributed by atoms with van der Waals surface area (Å²) in [5.74, 6) is 0.0248. The van der Waals surface area contributed by atoms with Gasteiger partial charge in [0.2, 0.25) is 0 Å². The van der Waals surface area contributed by atoms with Crippen molar-refractivity contribution in [2.75, 3.05) is 7.05 Å². The van der Waals surface area contributed by atoms with E-state index >= 15 is 0 Å². The van der Waals surface area contributed by atoms with Crippen molar-refractivity contribution in [1.29, 1.82) is 0 Å². The fourth-order valence-corrected chi connectivity index (χ4v) is 2.89. The van der Waals surface area contributed by atoms with Gasteiger partial charge in [0.1, 0.15) is 5.82 Å². The summed E-state index contributed by atoms with van der Waals surface area (Å²) in [5.41, 5.74) is 2.25. The molecule has 1 N–H and O–H groups in total. The minimum Gasteiger partial charge on any atom is -0.312 e. The first kappa shape index (κ1) is 14.2. The molecule has 0 saturated carbocycles. The molecule has 1 aromatic carbocycles. The Labute approximate surface area is 121 Å². The summed E-state index contributed by atoms with van der Waals surface area (Å²) in [5, 5.41) is 3.30. The van der Waals surface area contributed by atoms with E-state index in [0.29, 0.717) is 0 Å². The van der Waals surface area contributed by atoms with Crippen LogP contribution in [0, 0.1) is 5.82 Å². The van der Waals surface area contributed by atoms with Crippen molar-refractivity contribution in [3.05, 3.63) is 64.1 Å². The highest BCUT2D eigenvalue weighted by Gasteiger charge is 2.21. The molecule has 0 aliphatic heterocycles. The van der Waals surface area contributed by atoms with E-state index in [-0.39, 0.29) is 17.8 Å². The van der Waals surface area contributed by atoms with Gasteiger partial charge in [-0.05, 0) is 42.4 Å². The van der Waals surface area contributed by atoms with Crippen LogP contribution in [0.4, 0.5) is 4.39 Å². The molecule has 1 heterocycles. The number of halogens is 2. The van der Waals surface area contributed by atoms with Crippen LogP contribution >= 0.6 is 15.9 Å². The Hall–Kier alpha value is -1.26. The van der Waals surface area contributed by atoms with Gasteiger partial charge in [-0.3, -0.25) is 4.98 Å². The summed E-state index contributed by atoms with van der Waals surface area (Å²) in [7, 11) is 1.91. The number of likely N-dealkylation sites (N-methyl/N-ethyl adjacent to an activating group) is 1. The second kappa shape index (κ2) is 6.26. The quantitative estimate of drug-likeness (QED) is 0.918. The Morgan fingerprint density at radius 2 is 1.89 bits per heavy atom. The number of benzene rings is 1. The molecule has 0 aliphatic rings. The summed E-state index contributed by atoms with van der Waals surface area (Å²) in [6, 6.07) is 8.93. The van der Waals surface area contributed by atoms with Gasteiger partial charge in [0, 0.05) is 28.8 Å². The van der Waals surface area contributed by atoms with Gasteiger partial charge in [0.25, 0.3) is 0 Å². The van der Waals surface area contributed by atoms with Gasteiger partial charge in [0.05, 0.1) is 0 Å². The lowest BCUT2D eigenvalue weighted by molar-refractivity contribution is 0.504. The van der Waals surface area contributed by atoms with Gasteiger partial charge in [-0.2, -0.15) is 0 Å². The molecule has 0 amide bonds. The predicted octanol–water partition coefficient (Wildman–Crippen LogP) is 4.05. The highest BCUT2D eigenvalue weighted by molar-refractivity contribution is 9.10. The molecule has 0 fully saturated rings. The molecule has 2 unspecified atom stereocenters. The Bertz CT molecular complexity index is 545. The zero-order chi connectivity index (χ0) is 13.8. The Morgan fingerprint density at radius 3 is 2.47 bits per heavy atom. The van der Waals surface area contributed by atoms with Crippen LogP contribution in [0.3, 0.4) is 0 Å². The van der Waals surface area contributed by atoms with Crippen LogP contribution in [0.25, 0.3) is 0 Å². The first-order chi connectivity index (χ1) is 9.13. The molecule has 0 radical (unpaired) electrons. The van der Waals surface area contributed by atoms with Gasteiger partial charge < -0.3 is 5.32 Å². The number of hydrogen-bond donors (Lipinski definition) is 1. The Kier molecular flexibility index (Phi) is 4.66. The third-order valence-electron chi connectivity index (χ3n) is 3.34. The zero-order valence-electron chi connectivity index (χ0n) is 10.9. The molecule has 1 aromatic heterocycles. The van der Waals surface area contributed by atoms with Crippen molar-refractivity contribution in [2.24, 2.45) is 0 Å². The summed E-state index contributed by atoms with van der Waals surface area (Å²) < 4.78 is 14.0. The number of pyridine rings is 1. The summed E-state index contributed by atoms with van der Waals surface area (Å²) >= 11 is 3.44. The van der Waals surface area contributed by atoms with E-state index in [1.54, 1.807) is 12.4 Å². The fourth-order valence-electron chi connectivity index (χ4n) is 2.29. The average molecular weight is 323 g/mol. The molecule has 2 rings (SSSR count). The van der Waals surface area contributed by atoms with Crippen LogP contribution in [0.1, 0.15) is 30.0 Å². The van der Waals surface area contributed by atoms with Crippen LogP contribution in [-0.4, -0.2) is 12.0 Å². The van der Waals surface area contributed by atoms with Crippen molar-refractivity contribution >= 4 is 15.9 Å². The van der Waals surface area contributed by atoms with Crippen molar-refractivity contribution in [3.8, 4) is 0 Å². The lowest BCUT2D eigenvalue weighted by atomic mass is 9.89. The van der Waals surface area contributed by atoms with E-state index in [2.05, 4.69) is 33.2 Å². The van der Waals surface area contributed by atoms with Crippen LogP contribution in [0.2, 0.25) is 0 Å². The molecular weight excluding hydrogens is 307 g/mol. The van der Waals surface area contributed by atoms with Gasteiger partial charge in [0.15, 0.2) is 0 Å². The van der Waals surface area contributed by atoms with E-state index in [4.69, 9.17) is 0 Å². The van der Waals surface area contributed by atoms with Crippen LogP contribution in [0.15, 0.2) is 47.2 Å². The van der Waals surface area contributed by atoms with Crippen LogP contribution < -0.4 is 5.32 Å². The number of nitrogens with zero attached hydrogens (tertiary/aromatic N) is 1. The normalized spacial score (nSPS) is 14.1. The highest BCUT2D eigenvalue weighted by Crippen LogP contribution is 2.34. The van der Waals surface area contributed by atoms with E-state index in [1.165, 1.54) is 17.7 Å². The van der Waals surface area contributed by atoms with E-state index in [1.807, 2.05) is 25.2 Å². The van der Waals surface area contributed by atoms with Gasteiger partial charge in [-0.1, -0.05) is 28.9 Å². The van der Waals surface area contributed by atoms with E-state index in [0.717, 1.165) is 10.0 Å². The molecular formula is C15H16BrFN2. The number of hydrogen-bond acceptors (Lipinski definition) is 2. The molecule has 100 valence electrons. The molecule has 0 saturated heterocycles. The molecule has 2 atom stereocenters. The van der Waals surface area contributed by atoms with Crippen molar-refractivity contribution in [1.82, 2.24) is 10.3 Å². The van der Waals surface area contributed by atoms with Gasteiger partial charge >= 0.3 is 0 Å². The van der Waals surface area contributed by atoms with Crippen LogP contribution in [-0.2, 0) is 0 Å². The maximum absolute atomic E-state index is 13.2. The topological polar surface area (TPSA) is 24.9 Å². The first-order valence-electron chi connectivity index (χ1n) is 6.15. The largest absolute Gasteiger partial charge is 0.312 e. The first-order valence-corrected chi connectivity index (χ1v) is 6.95. The van der Waals surface area contributed by atoms with E-state index in [9.17, 15) is 4.39 Å². The lowest BCUT2D eigenvalue weighted by Crippen LogP contribution is -2.22. The lowest BCUT2D eigenvalue weighted by Gasteiger charge is -2.25. The minimum atomic E-state index is -0.234. The number of rotatable bonds is 4. The zero-order valence-corrected chi connectivity index (χ0v) is 12.5. The SMILES string of the molecule is CNC(c1ccc(F)cc1Br)C(C)c1ccncc1. The predicted molar refractivity (Wildman–Crippen MR) is 78.6 cm³/mol. The fraction of sp³-hybridized carbons (Fsp3) is 0.267. The van der Waals surface area contributed by atoms with Gasteiger partial charge in [-0.25, -0.2) is 4.39 Å². The average Bonchev–Trinajstić information content (AvgIpc) is 2.42. The molecule has 0 aliphatic carbocycles. The van der Waals surface area contributed by atoms with Crippen molar-refractivity contribution < 1.29 is 4.39 Å². The number of nitrogens with one attached hydrogen (secondary N) is 1. The van der Waals surface area contributed by atoms with Crippen molar-refractivity contribution in [2.45, 2.75) is 18.9 Å². The molecule has 4 heteroatoms. The van der Waals surface area contributed by atoms with Crippen molar-refractivity contribution in [3.63, 3.8) is 0 Å². The molecule has 2 aromatic rings. The highest BCUT2D eigenvalue weighted by atomic mass is 79.9. The van der Waals surface area contributed by atoms with Gasteiger partial charge in [-0.15, -0.1) is 0 Å². The number of aromatic nitrogens is 1. The second-order valence-electron chi connectivity index (χ2n) is 4.50. The second-order valence-corrected chi connectivity index (χ2v) is 5.36. The third-order valence-corrected chi connectivity index (χ3v) is 4.03. The Balaban J connectivity index is 2.34. The maximum atomic E-state index is 13.2. The third kappa shape index (κ3) is 3.19. The molecule has 0 bridgehead atoms. The molecule has 0 spiro atoms. The maximum Gasteiger partial charge on any atom is 0.124 e. The monoisotopic (exact) mass is 322 g/mol. The summed E-state index contributed by atoms with van der Waals surface area (Å²) in [4.78, 5) is 4.04. The minimum absolute atomic E-state index is 0.109. The smallest absolute Gasteiger partial charge is 0.124 e. The van der Waals surface area contributed by atoms with E-state index < -0.39 is 0 Å². The summed E-state index contributed by atoms with van der Waals surface area (Å²) in [6.07, 6.45) is 3.58. The summed E-state index contributed by atoms with van der Waals surface area (Å²) in [6.45, 7) is 2.15. The standard InChI is InChI=1S/C15H16BrFN2/c1-10(11-5-7-19-8-6-11)15(18-2)13-4-3-12(17)9-14(13)16/h3-10,15,18H,1-2H3.